The molecule has 7 rings (SSSR count). The number of hydrogen-bond donors (Lipinski definition) is 5. The molecule has 54 heavy (non-hydrogen) atoms. The number of hydrogen-bond acceptors (Lipinski definition) is 8. The molecule has 2 aromatic carbocycles. The molecule has 4 unspecified atom stereocenters. The zero-order valence-electron chi connectivity index (χ0n) is 32.3. The number of benzene rings is 2. The van der Waals surface area contributed by atoms with Crippen molar-refractivity contribution >= 4 is 28.5 Å². The molecule has 0 saturated heterocycles. The van der Waals surface area contributed by atoms with Crippen molar-refractivity contribution in [3.05, 3.63) is 70.9 Å². The minimum atomic E-state index is -1.17. The van der Waals surface area contributed by atoms with Crippen molar-refractivity contribution in [1.82, 2.24) is 4.98 Å². The second-order valence-electron chi connectivity index (χ2n) is 17.5. The van der Waals surface area contributed by atoms with Crippen LogP contribution in [0.25, 0.3) is 10.9 Å². The minimum absolute atomic E-state index is 0.0845. The number of anilines is 1. The fourth-order valence-corrected chi connectivity index (χ4v) is 11.8. The molecule has 0 spiro atoms. The van der Waals surface area contributed by atoms with E-state index in [9.17, 15) is 30.0 Å². The van der Waals surface area contributed by atoms with Gasteiger partial charge in [0.15, 0.2) is 0 Å². The molecule has 4 fully saturated rings. The number of pyridine rings is 1. The van der Waals surface area contributed by atoms with Crippen molar-refractivity contribution in [3.8, 4) is 11.8 Å². The van der Waals surface area contributed by atoms with Gasteiger partial charge in [-0.05, 0) is 128 Å². The van der Waals surface area contributed by atoms with Crippen LogP contribution in [-0.2, 0) is 16.1 Å². The van der Waals surface area contributed by atoms with E-state index in [1.165, 1.54) is 7.11 Å². The van der Waals surface area contributed by atoms with E-state index < -0.39 is 29.7 Å². The molecule has 4 saturated carbocycles. The van der Waals surface area contributed by atoms with Crippen molar-refractivity contribution in [2.75, 3.05) is 12.4 Å². The second kappa shape index (κ2) is 14.6. The van der Waals surface area contributed by atoms with E-state index in [1.807, 2.05) is 48.5 Å². The Balaban J connectivity index is 1.03. The topological polar surface area (TPSA) is 149 Å². The van der Waals surface area contributed by atoms with Crippen LogP contribution in [0.2, 0.25) is 0 Å². The molecule has 288 valence electrons. The third kappa shape index (κ3) is 6.69. The largest absolute Gasteiger partial charge is 0.481 e. The standard InChI is InChI=1S/C45H56N2O7/c1-26(10-17-38(50)51)32-15-16-33-40-34(23-37(49)44(32,33)4)43(3)20-21-45(53,24-30(43)22-36(40)48)19-18-28-11-13-29(14-12-28)25-46-41-31-8-6-7-9-35(31)47-27(2)39(41)42(52)54-5/h6-9,11-14,26,30,32-34,36-37,40,48-49,53H,10,15-17,20-25H2,1-5H3,(H,46,47)(H,50,51)/t26-,30?,32-,33?,34?,36-,37+,40?,43+,44-,45-/m1/s1. The average Bonchev–Trinajstić information content (AvgIpc) is 3.51. The minimum Gasteiger partial charge on any atom is -0.481 e. The molecule has 0 radical (unpaired) electrons. The summed E-state index contributed by atoms with van der Waals surface area (Å²) < 4.78 is 5.08. The number of aliphatic hydroxyl groups is 3. The number of aryl methyl sites for hydroxylation is 1. The van der Waals surface area contributed by atoms with Gasteiger partial charge in [-0.3, -0.25) is 9.78 Å². The zero-order chi connectivity index (χ0) is 38.6. The normalized spacial score (nSPS) is 34.8. The van der Waals surface area contributed by atoms with Crippen molar-refractivity contribution in [2.45, 2.75) is 110 Å². The van der Waals surface area contributed by atoms with Gasteiger partial charge >= 0.3 is 11.9 Å². The summed E-state index contributed by atoms with van der Waals surface area (Å²) in [5, 5.41) is 49.2. The molecule has 3 aromatic rings. The molecule has 11 atom stereocenters. The number of nitrogens with zero attached hydrogens (tertiary/aromatic N) is 1. The first-order valence-electron chi connectivity index (χ1n) is 19.8. The van der Waals surface area contributed by atoms with Crippen LogP contribution < -0.4 is 5.32 Å². The average molecular weight is 737 g/mol. The highest BCUT2D eigenvalue weighted by atomic mass is 16.5. The lowest BCUT2D eigenvalue weighted by Crippen LogP contribution is -2.63. The molecule has 5 N–H and O–H groups in total. The maximum atomic E-state index is 12.7. The lowest BCUT2D eigenvalue weighted by atomic mass is 9.42. The van der Waals surface area contributed by atoms with Gasteiger partial charge in [0, 0.05) is 23.9 Å². The summed E-state index contributed by atoms with van der Waals surface area (Å²) in [6.45, 7) is 8.94. The number of methoxy groups -OCH3 is 1. The van der Waals surface area contributed by atoms with Crippen LogP contribution in [0.15, 0.2) is 48.5 Å². The Kier molecular flexibility index (Phi) is 10.4. The molecule has 1 heterocycles. The van der Waals surface area contributed by atoms with Crippen molar-refractivity contribution in [1.29, 1.82) is 0 Å². The van der Waals surface area contributed by atoms with Crippen molar-refractivity contribution in [3.63, 3.8) is 0 Å². The molecule has 1 aromatic heterocycles. The fraction of sp³-hybridized carbons (Fsp3) is 0.578. The smallest absolute Gasteiger partial charge is 0.341 e. The Bertz CT molecular complexity index is 1970. The van der Waals surface area contributed by atoms with E-state index in [0.717, 1.165) is 41.3 Å². The third-order valence-corrected chi connectivity index (χ3v) is 14.7. The second-order valence-corrected chi connectivity index (χ2v) is 17.5. The first-order valence-corrected chi connectivity index (χ1v) is 19.8. The number of carboxylic acid groups (broad SMARTS) is 1. The van der Waals surface area contributed by atoms with Crippen LogP contribution in [0, 0.1) is 65.1 Å². The van der Waals surface area contributed by atoms with Crippen LogP contribution in [0.1, 0.15) is 106 Å². The number of carbonyl (C=O) groups is 2. The summed E-state index contributed by atoms with van der Waals surface area (Å²) in [5.74, 6) is 6.21. The predicted octanol–water partition coefficient (Wildman–Crippen LogP) is 7.13. The highest BCUT2D eigenvalue weighted by Crippen LogP contribution is 2.69. The fourth-order valence-electron chi connectivity index (χ4n) is 11.8. The molecule has 4 aliphatic carbocycles. The lowest BCUT2D eigenvalue weighted by molar-refractivity contribution is -0.211. The summed E-state index contributed by atoms with van der Waals surface area (Å²) in [6, 6.07) is 15.6. The van der Waals surface area contributed by atoms with Crippen LogP contribution in [0.3, 0.4) is 0 Å². The quantitative estimate of drug-likeness (QED) is 0.120. The molecular formula is C45H56N2O7. The Hall–Kier alpha value is -3.97. The summed E-state index contributed by atoms with van der Waals surface area (Å²) in [7, 11) is 1.37. The van der Waals surface area contributed by atoms with Crippen LogP contribution >= 0.6 is 0 Å². The van der Waals surface area contributed by atoms with Gasteiger partial charge in [-0.15, -0.1) is 0 Å². The molecule has 9 heteroatoms. The van der Waals surface area contributed by atoms with Crippen LogP contribution in [0.5, 0.6) is 0 Å². The van der Waals surface area contributed by atoms with Gasteiger partial charge in [0.2, 0.25) is 0 Å². The van der Waals surface area contributed by atoms with Gasteiger partial charge < -0.3 is 30.5 Å². The van der Waals surface area contributed by atoms with Gasteiger partial charge in [0.25, 0.3) is 0 Å². The summed E-state index contributed by atoms with van der Waals surface area (Å²) >= 11 is 0. The van der Waals surface area contributed by atoms with E-state index in [0.29, 0.717) is 55.6 Å². The number of fused-ring (bicyclic) bond motifs is 6. The van der Waals surface area contributed by atoms with E-state index in [1.54, 1.807) is 6.92 Å². The SMILES string of the molecule is COC(=O)c1c(C)nc2ccccc2c1NCc1ccc(C#C[C@@]2(O)CC[C@@]3(C)C(C[C@@H](O)C4C3C[C@H](O)[C@@]3(C)C4CC[C@@H]3[C@H](C)CCC(=O)O)C2)cc1. The number of aliphatic carboxylic acids is 1. The molecule has 0 amide bonds. The molecule has 9 nitrogen and oxygen atoms in total. The Morgan fingerprint density at radius 2 is 1.78 bits per heavy atom. The number of carboxylic acids is 1. The highest BCUT2D eigenvalue weighted by Gasteiger charge is 2.66. The number of nitrogens with one attached hydrogen (secondary N) is 1. The molecule has 4 aliphatic rings. The van der Waals surface area contributed by atoms with Gasteiger partial charge in [-0.1, -0.05) is 62.9 Å². The molecule has 0 bridgehead atoms. The molecular weight excluding hydrogens is 681 g/mol. The predicted molar refractivity (Wildman–Crippen MR) is 207 cm³/mol. The van der Waals surface area contributed by atoms with E-state index in [4.69, 9.17) is 4.74 Å². The number of aliphatic hydroxyl groups excluding tert-OH is 2. The highest BCUT2D eigenvalue weighted by molar-refractivity contribution is 6.06. The number of rotatable bonds is 8. The summed E-state index contributed by atoms with van der Waals surface area (Å²) in [6.07, 6.45) is 4.72. The van der Waals surface area contributed by atoms with E-state index >= 15 is 0 Å². The van der Waals surface area contributed by atoms with Crippen molar-refractivity contribution in [2.24, 2.45) is 46.3 Å². The summed E-state index contributed by atoms with van der Waals surface area (Å²) in [5.41, 5.74) is 2.67. The summed E-state index contributed by atoms with van der Waals surface area (Å²) in [4.78, 5) is 28.6. The third-order valence-electron chi connectivity index (χ3n) is 14.7. The maximum Gasteiger partial charge on any atom is 0.341 e. The Morgan fingerprint density at radius 1 is 1.04 bits per heavy atom. The lowest BCUT2D eigenvalue weighted by Gasteiger charge is -2.64. The number of ether oxygens (including phenoxy) is 1. The van der Waals surface area contributed by atoms with Gasteiger partial charge in [0.1, 0.15) is 11.2 Å². The number of esters is 1. The van der Waals surface area contributed by atoms with Crippen LogP contribution in [-0.4, -0.2) is 62.3 Å². The van der Waals surface area contributed by atoms with Gasteiger partial charge in [0.05, 0.1) is 36.2 Å². The Morgan fingerprint density at radius 3 is 2.50 bits per heavy atom. The first kappa shape index (κ1) is 38.3. The van der Waals surface area contributed by atoms with E-state index in [2.05, 4.69) is 42.9 Å². The number of carbonyl (C=O) groups excluding carboxylic acids is 1. The number of aromatic nitrogens is 1. The monoisotopic (exact) mass is 736 g/mol. The zero-order valence-corrected chi connectivity index (χ0v) is 32.3. The Labute approximate surface area is 318 Å². The van der Waals surface area contributed by atoms with Gasteiger partial charge in [-0.25, -0.2) is 4.79 Å². The van der Waals surface area contributed by atoms with Crippen LogP contribution in [0.4, 0.5) is 5.69 Å². The van der Waals surface area contributed by atoms with E-state index in [-0.39, 0.29) is 52.8 Å². The first-order chi connectivity index (χ1) is 25.7. The maximum absolute atomic E-state index is 12.7. The molecule has 0 aliphatic heterocycles. The van der Waals surface area contributed by atoms with Gasteiger partial charge in [-0.2, -0.15) is 0 Å². The van der Waals surface area contributed by atoms with Crippen molar-refractivity contribution < 1.29 is 34.8 Å². The number of para-hydroxylation sites is 1.